The summed E-state index contributed by atoms with van der Waals surface area (Å²) in [5.74, 6) is -0.0361. The van der Waals surface area contributed by atoms with Gasteiger partial charge in [-0.2, -0.15) is 0 Å². The standard InChI is InChI=1S/C11H20N2O3/c1-2-16-8-11(15)12-7-3-4-10(14)13-9-5-6-9/h9H,2-8H2,1H3,(H,12,15)(H,13,14). The number of hydrogen-bond donors (Lipinski definition) is 2. The molecule has 1 rings (SSSR count). The SMILES string of the molecule is CCOCC(=O)NCCCC(=O)NC1CC1. The zero-order valence-electron chi connectivity index (χ0n) is 9.75. The minimum Gasteiger partial charge on any atom is -0.372 e. The third-order valence-electron chi connectivity index (χ3n) is 2.28. The Hall–Kier alpha value is -1.10. The maximum atomic E-state index is 11.3. The van der Waals surface area contributed by atoms with E-state index in [1.807, 2.05) is 6.92 Å². The van der Waals surface area contributed by atoms with Crippen LogP contribution in [0.1, 0.15) is 32.6 Å². The van der Waals surface area contributed by atoms with E-state index in [1.165, 1.54) is 0 Å². The van der Waals surface area contributed by atoms with Crippen LogP contribution in [0.5, 0.6) is 0 Å². The highest BCUT2D eigenvalue weighted by molar-refractivity contribution is 5.78. The summed E-state index contributed by atoms with van der Waals surface area (Å²) < 4.78 is 4.94. The Kier molecular flexibility index (Phi) is 5.85. The molecule has 0 aromatic rings. The Morgan fingerprint density at radius 3 is 2.69 bits per heavy atom. The van der Waals surface area contributed by atoms with Crippen LogP contribution in [-0.4, -0.2) is 37.6 Å². The van der Waals surface area contributed by atoms with Crippen molar-refractivity contribution in [3.8, 4) is 0 Å². The summed E-state index contributed by atoms with van der Waals surface area (Å²) in [4.78, 5) is 22.4. The molecule has 2 N–H and O–H groups in total. The number of carbonyl (C=O) groups excluding carboxylic acids is 2. The van der Waals surface area contributed by atoms with E-state index in [1.54, 1.807) is 0 Å². The largest absolute Gasteiger partial charge is 0.372 e. The number of nitrogens with one attached hydrogen (secondary N) is 2. The second-order valence-corrected chi connectivity index (χ2v) is 3.93. The molecule has 0 aromatic heterocycles. The van der Waals surface area contributed by atoms with Crippen molar-refractivity contribution < 1.29 is 14.3 Å². The molecule has 0 bridgehead atoms. The van der Waals surface area contributed by atoms with Crippen LogP contribution in [0, 0.1) is 0 Å². The molecule has 92 valence electrons. The minimum atomic E-state index is -0.121. The van der Waals surface area contributed by atoms with Gasteiger partial charge in [-0.1, -0.05) is 0 Å². The Morgan fingerprint density at radius 1 is 1.31 bits per heavy atom. The molecule has 0 saturated heterocycles. The zero-order chi connectivity index (χ0) is 11.8. The van der Waals surface area contributed by atoms with Crippen molar-refractivity contribution in [2.75, 3.05) is 19.8 Å². The van der Waals surface area contributed by atoms with Crippen molar-refractivity contribution >= 4 is 11.8 Å². The fraction of sp³-hybridized carbons (Fsp3) is 0.818. The lowest BCUT2D eigenvalue weighted by Crippen LogP contribution is -2.30. The normalized spacial score (nSPS) is 14.6. The smallest absolute Gasteiger partial charge is 0.245 e. The summed E-state index contributed by atoms with van der Waals surface area (Å²) in [5, 5.41) is 5.60. The summed E-state index contributed by atoms with van der Waals surface area (Å²) in [6.45, 7) is 3.02. The fourth-order valence-corrected chi connectivity index (χ4v) is 1.25. The van der Waals surface area contributed by atoms with Gasteiger partial charge < -0.3 is 15.4 Å². The molecule has 1 saturated carbocycles. The first kappa shape index (κ1) is 13.0. The molecular weight excluding hydrogens is 208 g/mol. The van der Waals surface area contributed by atoms with Gasteiger partial charge in [-0.3, -0.25) is 9.59 Å². The van der Waals surface area contributed by atoms with E-state index in [0.717, 1.165) is 12.8 Å². The quantitative estimate of drug-likeness (QED) is 0.583. The predicted octanol–water partition coefficient (Wildman–Crippen LogP) is 0.198. The molecule has 16 heavy (non-hydrogen) atoms. The Morgan fingerprint density at radius 2 is 2.06 bits per heavy atom. The fourth-order valence-electron chi connectivity index (χ4n) is 1.25. The first-order chi connectivity index (χ1) is 7.72. The van der Waals surface area contributed by atoms with Crippen molar-refractivity contribution in [3.63, 3.8) is 0 Å². The van der Waals surface area contributed by atoms with Gasteiger partial charge in [-0.25, -0.2) is 0 Å². The number of ether oxygens (including phenoxy) is 1. The topological polar surface area (TPSA) is 67.4 Å². The Balaban J connectivity index is 1.89. The lowest BCUT2D eigenvalue weighted by molar-refractivity contribution is -0.126. The average Bonchev–Trinajstić information content (AvgIpc) is 3.05. The molecular formula is C11H20N2O3. The van der Waals surface area contributed by atoms with Gasteiger partial charge in [-0.15, -0.1) is 0 Å². The van der Waals surface area contributed by atoms with E-state index in [-0.39, 0.29) is 18.4 Å². The summed E-state index contributed by atoms with van der Waals surface area (Å²) >= 11 is 0. The minimum absolute atomic E-state index is 0.0848. The van der Waals surface area contributed by atoms with Gasteiger partial charge in [0, 0.05) is 25.6 Å². The van der Waals surface area contributed by atoms with Gasteiger partial charge in [0.05, 0.1) is 0 Å². The molecule has 0 heterocycles. The van der Waals surface area contributed by atoms with Gasteiger partial charge in [0.25, 0.3) is 0 Å². The molecule has 1 aliphatic carbocycles. The van der Waals surface area contributed by atoms with Gasteiger partial charge in [0.2, 0.25) is 11.8 Å². The second kappa shape index (κ2) is 7.22. The highest BCUT2D eigenvalue weighted by Gasteiger charge is 2.22. The van der Waals surface area contributed by atoms with E-state index in [9.17, 15) is 9.59 Å². The van der Waals surface area contributed by atoms with Crippen LogP contribution in [0.2, 0.25) is 0 Å². The molecule has 1 fully saturated rings. The Bertz CT molecular complexity index is 239. The van der Waals surface area contributed by atoms with Crippen molar-refractivity contribution in [2.24, 2.45) is 0 Å². The Labute approximate surface area is 95.9 Å². The van der Waals surface area contributed by atoms with Gasteiger partial charge in [0.1, 0.15) is 6.61 Å². The maximum Gasteiger partial charge on any atom is 0.245 e. The van der Waals surface area contributed by atoms with Gasteiger partial charge >= 0.3 is 0 Å². The summed E-state index contributed by atoms with van der Waals surface area (Å²) in [6.07, 6.45) is 3.37. The van der Waals surface area contributed by atoms with Crippen molar-refractivity contribution in [3.05, 3.63) is 0 Å². The predicted molar refractivity (Wildman–Crippen MR) is 59.9 cm³/mol. The summed E-state index contributed by atoms with van der Waals surface area (Å²) in [6, 6.07) is 0.417. The molecule has 0 aromatic carbocycles. The second-order valence-electron chi connectivity index (χ2n) is 3.93. The van der Waals surface area contributed by atoms with E-state index in [0.29, 0.717) is 32.0 Å². The highest BCUT2D eigenvalue weighted by Crippen LogP contribution is 2.18. The molecule has 0 atom stereocenters. The van der Waals surface area contributed by atoms with E-state index in [2.05, 4.69) is 10.6 Å². The molecule has 0 radical (unpaired) electrons. The third kappa shape index (κ3) is 6.40. The average molecular weight is 228 g/mol. The first-order valence-corrected chi connectivity index (χ1v) is 5.86. The van der Waals surface area contributed by atoms with Gasteiger partial charge in [0.15, 0.2) is 0 Å². The van der Waals surface area contributed by atoms with Crippen LogP contribution in [0.15, 0.2) is 0 Å². The monoisotopic (exact) mass is 228 g/mol. The lowest BCUT2D eigenvalue weighted by Gasteiger charge is -2.05. The zero-order valence-corrected chi connectivity index (χ0v) is 9.75. The van der Waals surface area contributed by atoms with E-state index < -0.39 is 0 Å². The molecule has 0 aliphatic heterocycles. The number of amides is 2. The van der Waals surface area contributed by atoms with Crippen molar-refractivity contribution in [1.82, 2.24) is 10.6 Å². The van der Waals surface area contributed by atoms with Crippen molar-refractivity contribution in [1.29, 1.82) is 0 Å². The first-order valence-electron chi connectivity index (χ1n) is 5.86. The highest BCUT2D eigenvalue weighted by atomic mass is 16.5. The number of hydrogen-bond acceptors (Lipinski definition) is 3. The van der Waals surface area contributed by atoms with Crippen LogP contribution < -0.4 is 10.6 Å². The third-order valence-corrected chi connectivity index (χ3v) is 2.28. The molecule has 2 amide bonds. The van der Waals surface area contributed by atoms with Crippen molar-refractivity contribution in [2.45, 2.75) is 38.6 Å². The summed E-state index contributed by atoms with van der Waals surface area (Å²) in [5.41, 5.74) is 0. The van der Waals surface area contributed by atoms with Crippen LogP contribution >= 0.6 is 0 Å². The molecule has 1 aliphatic rings. The maximum absolute atomic E-state index is 11.3. The number of rotatable bonds is 8. The van der Waals surface area contributed by atoms with E-state index in [4.69, 9.17) is 4.74 Å². The van der Waals surface area contributed by atoms with Gasteiger partial charge in [-0.05, 0) is 26.2 Å². The van der Waals surface area contributed by atoms with Crippen LogP contribution in [0.3, 0.4) is 0 Å². The molecule has 5 nitrogen and oxygen atoms in total. The summed E-state index contributed by atoms with van der Waals surface area (Å²) in [7, 11) is 0. The molecule has 5 heteroatoms. The van der Waals surface area contributed by atoms with Crippen LogP contribution in [0.25, 0.3) is 0 Å². The van der Waals surface area contributed by atoms with E-state index >= 15 is 0 Å². The molecule has 0 unspecified atom stereocenters. The van der Waals surface area contributed by atoms with Crippen LogP contribution in [0.4, 0.5) is 0 Å². The number of carbonyl (C=O) groups is 2. The lowest BCUT2D eigenvalue weighted by atomic mass is 10.3. The van der Waals surface area contributed by atoms with Crippen LogP contribution in [-0.2, 0) is 14.3 Å². The molecule has 0 spiro atoms.